The van der Waals surface area contributed by atoms with Crippen molar-refractivity contribution in [2.75, 3.05) is 22.1 Å². The Labute approximate surface area is 156 Å². The summed E-state index contributed by atoms with van der Waals surface area (Å²) >= 11 is 0. The Morgan fingerprint density at radius 2 is 2.00 bits per heavy atom. The van der Waals surface area contributed by atoms with Gasteiger partial charge in [0.15, 0.2) is 0 Å². The lowest BCUT2D eigenvalue weighted by Crippen LogP contribution is -2.32. The minimum atomic E-state index is -0.630. The van der Waals surface area contributed by atoms with Gasteiger partial charge >= 0.3 is 0 Å². The molecule has 2 aromatic rings. The third-order valence-electron chi connectivity index (χ3n) is 4.37. The second-order valence-corrected chi connectivity index (χ2v) is 6.33. The molecule has 0 aromatic heterocycles. The predicted octanol–water partition coefficient (Wildman–Crippen LogP) is 3.16. The fourth-order valence-corrected chi connectivity index (χ4v) is 2.98. The molecule has 2 amide bonds. The number of carbonyl (C=O) groups is 2. The van der Waals surface area contributed by atoms with Crippen molar-refractivity contribution in [3.05, 3.63) is 58.6 Å². The van der Waals surface area contributed by atoms with Crippen molar-refractivity contribution in [1.82, 2.24) is 0 Å². The van der Waals surface area contributed by atoms with Crippen LogP contribution in [0.5, 0.6) is 0 Å². The van der Waals surface area contributed by atoms with E-state index >= 15 is 0 Å². The molecule has 3 rings (SSSR count). The van der Waals surface area contributed by atoms with Crippen LogP contribution in [-0.4, -0.2) is 29.3 Å². The highest BCUT2D eigenvalue weighted by atomic mass is 16.6. The molecule has 0 aliphatic carbocycles. The smallest absolute Gasteiger partial charge is 0.292 e. The number of hydrogen-bond donors (Lipinski definition) is 2. The molecule has 1 fully saturated rings. The Morgan fingerprint density at radius 1 is 1.22 bits per heavy atom. The first-order valence-electron chi connectivity index (χ1n) is 8.67. The Kier molecular flexibility index (Phi) is 5.35. The summed E-state index contributed by atoms with van der Waals surface area (Å²) in [4.78, 5) is 36.6. The highest BCUT2D eigenvalue weighted by Gasteiger charge is 2.22. The summed E-state index contributed by atoms with van der Waals surface area (Å²) in [7, 11) is 0. The van der Waals surface area contributed by atoms with E-state index in [4.69, 9.17) is 0 Å². The first-order valence-corrected chi connectivity index (χ1v) is 8.67. The van der Waals surface area contributed by atoms with Crippen molar-refractivity contribution in [3.8, 4) is 0 Å². The summed E-state index contributed by atoms with van der Waals surface area (Å²) in [5, 5.41) is 16.7. The molecule has 0 saturated carbocycles. The van der Waals surface area contributed by atoms with E-state index in [0.29, 0.717) is 18.7 Å². The van der Waals surface area contributed by atoms with Crippen LogP contribution in [0, 0.1) is 10.1 Å². The summed E-state index contributed by atoms with van der Waals surface area (Å²) in [5.74, 6) is -0.304. The van der Waals surface area contributed by atoms with Crippen molar-refractivity contribution in [1.29, 1.82) is 0 Å². The number of nitrogens with zero attached hydrogens (tertiary/aromatic N) is 2. The summed E-state index contributed by atoms with van der Waals surface area (Å²) in [5.41, 5.74) is 1.47. The molecular weight excluding hydrogens is 348 g/mol. The first-order chi connectivity index (χ1) is 13.0. The Hall–Kier alpha value is -3.42. The maximum atomic E-state index is 12.4. The zero-order chi connectivity index (χ0) is 19.4. The number of anilines is 3. The molecule has 1 atom stereocenters. The maximum Gasteiger partial charge on any atom is 0.292 e. The van der Waals surface area contributed by atoms with Gasteiger partial charge < -0.3 is 15.5 Å². The van der Waals surface area contributed by atoms with Crippen molar-refractivity contribution >= 4 is 34.6 Å². The molecule has 27 heavy (non-hydrogen) atoms. The highest BCUT2D eigenvalue weighted by molar-refractivity contribution is 5.98. The SMILES string of the molecule is CC(Nc1cccc(N2CCCC2=O)c1)C(=O)Nc1ccccc1[N+](=O)[O-]. The van der Waals surface area contributed by atoms with Crippen LogP contribution in [0.1, 0.15) is 19.8 Å². The molecule has 1 aliphatic heterocycles. The Bertz CT molecular complexity index is 884. The maximum absolute atomic E-state index is 12.4. The standard InChI is InChI=1S/C19H20N4O4/c1-13(19(25)21-16-8-2-3-9-17(16)23(26)27)20-14-6-4-7-15(12-14)22-11-5-10-18(22)24/h2-4,6-9,12-13,20H,5,10-11H2,1H3,(H,21,25). The van der Waals surface area contributed by atoms with E-state index < -0.39 is 16.9 Å². The Balaban J connectivity index is 1.68. The number of hydrogen-bond acceptors (Lipinski definition) is 5. The zero-order valence-electron chi connectivity index (χ0n) is 14.8. The van der Waals surface area contributed by atoms with Gasteiger partial charge in [0.25, 0.3) is 5.69 Å². The second-order valence-electron chi connectivity index (χ2n) is 6.33. The topological polar surface area (TPSA) is 105 Å². The lowest BCUT2D eigenvalue weighted by molar-refractivity contribution is -0.383. The number of amides is 2. The highest BCUT2D eigenvalue weighted by Crippen LogP contribution is 2.26. The van der Waals surface area contributed by atoms with Crippen molar-refractivity contribution in [2.45, 2.75) is 25.8 Å². The minimum absolute atomic E-state index is 0.0920. The number of para-hydroxylation sites is 2. The third kappa shape index (κ3) is 4.22. The molecule has 0 bridgehead atoms. The predicted molar refractivity (Wildman–Crippen MR) is 103 cm³/mol. The van der Waals surface area contributed by atoms with Gasteiger partial charge in [0.05, 0.1) is 4.92 Å². The van der Waals surface area contributed by atoms with Crippen LogP contribution in [0.3, 0.4) is 0 Å². The largest absolute Gasteiger partial charge is 0.374 e. The molecule has 2 aromatic carbocycles. The molecule has 8 nitrogen and oxygen atoms in total. The average Bonchev–Trinajstić information content (AvgIpc) is 3.08. The van der Waals surface area contributed by atoms with E-state index in [1.54, 1.807) is 30.0 Å². The quantitative estimate of drug-likeness (QED) is 0.602. The molecule has 1 heterocycles. The van der Waals surface area contributed by atoms with E-state index in [9.17, 15) is 19.7 Å². The number of benzene rings is 2. The van der Waals surface area contributed by atoms with Gasteiger partial charge in [-0.1, -0.05) is 18.2 Å². The van der Waals surface area contributed by atoms with E-state index in [1.807, 2.05) is 18.2 Å². The molecule has 1 unspecified atom stereocenters. The summed E-state index contributed by atoms with van der Waals surface area (Å²) in [6.45, 7) is 2.35. The second kappa shape index (κ2) is 7.86. The molecule has 0 spiro atoms. The molecular formula is C19H20N4O4. The van der Waals surface area contributed by atoms with Crippen molar-refractivity contribution < 1.29 is 14.5 Å². The number of nitro groups is 1. The molecule has 140 valence electrons. The van der Waals surface area contributed by atoms with Gasteiger partial charge in [-0.3, -0.25) is 19.7 Å². The summed E-state index contributed by atoms with van der Waals surface area (Å²) in [6.07, 6.45) is 1.39. The summed E-state index contributed by atoms with van der Waals surface area (Å²) < 4.78 is 0. The lowest BCUT2D eigenvalue weighted by atomic mass is 10.2. The van der Waals surface area contributed by atoms with Crippen LogP contribution in [0.2, 0.25) is 0 Å². The van der Waals surface area contributed by atoms with Crippen LogP contribution in [0.4, 0.5) is 22.7 Å². The van der Waals surface area contributed by atoms with Gasteiger partial charge in [-0.05, 0) is 37.6 Å². The van der Waals surface area contributed by atoms with Gasteiger partial charge in [-0.15, -0.1) is 0 Å². The van der Waals surface area contributed by atoms with Crippen LogP contribution in [-0.2, 0) is 9.59 Å². The van der Waals surface area contributed by atoms with Gasteiger partial charge in [-0.2, -0.15) is 0 Å². The van der Waals surface area contributed by atoms with Gasteiger partial charge in [0.1, 0.15) is 11.7 Å². The molecule has 1 saturated heterocycles. The molecule has 8 heteroatoms. The van der Waals surface area contributed by atoms with Gasteiger partial charge in [0.2, 0.25) is 11.8 Å². The van der Waals surface area contributed by atoms with Crippen LogP contribution < -0.4 is 15.5 Å². The average molecular weight is 368 g/mol. The minimum Gasteiger partial charge on any atom is -0.374 e. The third-order valence-corrected chi connectivity index (χ3v) is 4.37. The number of nitro benzene ring substituents is 1. The number of rotatable bonds is 6. The number of carbonyl (C=O) groups excluding carboxylic acids is 2. The Morgan fingerprint density at radius 3 is 2.70 bits per heavy atom. The normalized spacial score (nSPS) is 14.7. The van der Waals surface area contributed by atoms with E-state index in [-0.39, 0.29) is 17.3 Å². The fraction of sp³-hybridized carbons (Fsp3) is 0.263. The molecule has 0 radical (unpaired) electrons. The number of nitrogens with one attached hydrogen (secondary N) is 2. The summed E-state index contributed by atoms with van der Waals surface area (Å²) in [6, 6.07) is 12.7. The van der Waals surface area contributed by atoms with E-state index in [2.05, 4.69) is 10.6 Å². The van der Waals surface area contributed by atoms with Crippen molar-refractivity contribution in [3.63, 3.8) is 0 Å². The van der Waals surface area contributed by atoms with Crippen LogP contribution >= 0.6 is 0 Å². The molecule has 1 aliphatic rings. The fourth-order valence-electron chi connectivity index (χ4n) is 2.98. The lowest BCUT2D eigenvalue weighted by Gasteiger charge is -2.19. The van der Waals surface area contributed by atoms with Crippen LogP contribution in [0.25, 0.3) is 0 Å². The van der Waals surface area contributed by atoms with Crippen molar-refractivity contribution in [2.24, 2.45) is 0 Å². The first kappa shape index (κ1) is 18.4. The van der Waals surface area contributed by atoms with E-state index in [1.165, 1.54) is 12.1 Å². The van der Waals surface area contributed by atoms with Gasteiger partial charge in [0, 0.05) is 30.4 Å². The monoisotopic (exact) mass is 368 g/mol. The van der Waals surface area contributed by atoms with Crippen LogP contribution in [0.15, 0.2) is 48.5 Å². The van der Waals surface area contributed by atoms with Gasteiger partial charge in [-0.25, -0.2) is 0 Å². The van der Waals surface area contributed by atoms with E-state index in [0.717, 1.165) is 12.1 Å². The zero-order valence-corrected chi connectivity index (χ0v) is 14.8. The molecule has 2 N–H and O–H groups in total.